The summed E-state index contributed by atoms with van der Waals surface area (Å²) >= 11 is 2.13. The van der Waals surface area contributed by atoms with Gasteiger partial charge in [-0.05, 0) is 31.4 Å². The average Bonchev–Trinajstić information content (AvgIpc) is 2.57. The first-order valence-electron chi connectivity index (χ1n) is 4.92. The molecule has 0 radical (unpaired) electrons. The third kappa shape index (κ3) is 4.01. The lowest BCUT2D eigenvalue weighted by atomic mass is 10.3. The molecule has 0 atom stereocenters. The zero-order valence-corrected chi connectivity index (χ0v) is 8.41. The van der Waals surface area contributed by atoms with Gasteiger partial charge in [-0.15, -0.1) is 0 Å². The number of nitriles is 1. The first kappa shape index (κ1) is 9.92. The molecule has 1 nitrogen and oxygen atoms in total. The van der Waals surface area contributed by atoms with Crippen molar-refractivity contribution < 1.29 is 0 Å². The Morgan fingerprint density at radius 2 is 2.00 bits per heavy atom. The van der Waals surface area contributed by atoms with Crippen LogP contribution in [0, 0.1) is 11.3 Å². The van der Waals surface area contributed by atoms with Gasteiger partial charge < -0.3 is 0 Å². The van der Waals surface area contributed by atoms with Crippen LogP contribution in [0.1, 0.15) is 44.9 Å². The summed E-state index contributed by atoms with van der Waals surface area (Å²) in [6.45, 7) is 0. The molecule has 1 aliphatic carbocycles. The highest BCUT2D eigenvalue weighted by atomic mass is 32.2. The molecule has 0 unspecified atom stereocenters. The van der Waals surface area contributed by atoms with Gasteiger partial charge in [-0.1, -0.05) is 12.8 Å². The molecule has 0 aliphatic heterocycles. The maximum Gasteiger partial charge on any atom is 0.0621 e. The number of thioether (sulfide) groups is 1. The Bertz CT molecular complexity index is 144. The van der Waals surface area contributed by atoms with Crippen molar-refractivity contribution in [3.8, 4) is 6.07 Å². The van der Waals surface area contributed by atoms with Crippen LogP contribution in [0.4, 0.5) is 0 Å². The van der Waals surface area contributed by atoms with Gasteiger partial charge in [0, 0.05) is 11.7 Å². The second-order valence-corrected chi connectivity index (χ2v) is 4.80. The zero-order chi connectivity index (χ0) is 8.65. The predicted molar refractivity (Wildman–Crippen MR) is 54.2 cm³/mol. The molecule has 1 rings (SSSR count). The lowest BCUT2D eigenvalue weighted by molar-refractivity contribution is 0.823. The van der Waals surface area contributed by atoms with E-state index in [9.17, 15) is 0 Å². The maximum absolute atomic E-state index is 8.32. The minimum absolute atomic E-state index is 0.741. The van der Waals surface area contributed by atoms with E-state index in [1.807, 2.05) is 0 Å². The van der Waals surface area contributed by atoms with Gasteiger partial charge in [0.25, 0.3) is 0 Å². The summed E-state index contributed by atoms with van der Waals surface area (Å²) in [6, 6.07) is 2.19. The van der Waals surface area contributed by atoms with Crippen molar-refractivity contribution in [2.24, 2.45) is 0 Å². The second-order valence-electron chi connectivity index (χ2n) is 3.39. The maximum atomic E-state index is 8.32. The van der Waals surface area contributed by atoms with Crippen LogP contribution in [0.5, 0.6) is 0 Å². The molecule has 0 saturated heterocycles. The Hall–Kier alpha value is -0.160. The van der Waals surface area contributed by atoms with Gasteiger partial charge in [-0.3, -0.25) is 0 Å². The monoisotopic (exact) mass is 183 g/mol. The van der Waals surface area contributed by atoms with E-state index < -0.39 is 0 Å². The smallest absolute Gasteiger partial charge is 0.0621 e. The van der Waals surface area contributed by atoms with Crippen molar-refractivity contribution in [1.82, 2.24) is 0 Å². The summed E-state index contributed by atoms with van der Waals surface area (Å²) < 4.78 is 0. The van der Waals surface area contributed by atoms with Crippen molar-refractivity contribution in [2.75, 3.05) is 5.75 Å². The molecule has 0 aromatic carbocycles. The van der Waals surface area contributed by atoms with Crippen LogP contribution in [0.15, 0.2) is 0 Å². The molecule has 0 spiro atoms. The fourth-order valence-corrected chi connectivity index (χ4v) is 2.98. The first-order chi connectivity index (χ1) is 5.93. The number of hydrogen-bond acceptors (Lipinski definition) is 2. The van der Waals surface area contributed by atoms with Crippen LogP contribution in [0.2, 0.25) is 0 Å². The molecular weight excluding hydrogens is 166 g/mol. The molecule has 68 valence electrons. The van der Waals surface area contributed by atoms with E-state index in [4.69, 9.17) is 5.26 Å². The van der Waals surface area contributed by atoms with Gasteiger partial charge in [-0.25, -0.2) is 0 Å². The number of rotatable bonds is 5. The Balaban J connectivity index is 1.85. The molecule has 0 heterocycles. The molecular formula is C10H17NS. The highest BCUT2D eigenvalue weighted by Crippen LogP contribution is 2.29. The van der Waals surface area contributed by atoms with Crippen molar-refractivity contribution in [3.05, 3.63) is 0 Å². The van der Waals surface area contributed by atoms with Gasteiger partial charge in [0.2, 0.25) is 0 Å². The Labute approximate surface area is 79.5 Å². The van der Waals surface area contributed by atoms with Crippen LogP contribution in [0.25, 0.3) is 0 Å². The van der Waals surface area contributed by atoms with Crippen molar-refractivity contribution in [3.63, 3.8) is 0 Å². The lowest BCUT2D eigenvalue weighted by Crippen LogP contribution is -1.95. The van der Waals surface area contributed by atoms with Crippen LogP contribution >= 0.6 is 11.8 Å². The van der Waals surface area contributed by atoms with Gasteiger partial charge >= 0.3 is 0 Å². The largest absolute Gasteiger partial charge is 0.198 e. The molecule has 0 bridgehead atoms. The highest BCUT2D eigenvalue weighted by Gasteiger charge is 2.14. The minimum atomic E-state index is 0.741. The van der Waals surface area contributed by atoms with Crippen LogP contribution in [-0.4, -0.2) is 11.0 Å². The molecule has 0 aromatic heterocycles. The van der Waals surface area contributed by atoms with E-state index in [1.54, 1.807) is 0 Å². The van der Waals surface area contributed by atoms with Gasteiger partial charge in [0.1, 0.15) is 0 Å². The van der Waals surface area contributed by atoms with E-state index in [-0.39, 0.29) is 0 Å². The number of hydrogen-bond donors (Lipinski definition) is 0. The van der Waals surface area contributed by atoms with Gasteiger partial charge in [-0.2, -0.15) is 17.0 Å². The SMILES string of the molecule is N#CCCCCSC1CCCC1. The number of unbranched alkanes of at least 4 members (excludes halogenated alkanes) is 2. The second kappa shape index (κ2) is 6.37. The molecule has 0 amide bonds. The van der Waals surface area contributed by atoms with Crippen molar-refractivity contribution >= 4 is 11.8 Å². The normalized spacial score (nSPS) is 17.9. The van der Waals surface area contributed by atoms with Crippen LogP contribution in [0.3, 0.4) is 0 Å². The van der Waals surface area contributed by atoms with Gasteiger partial charge in [0.15, 0.2) is 0 Å². The third-order valence-corrected chi connectivity index (χ3v) is 3.81. The van der Waals surface area contributed by atoms with Crippen LogP contribution in [-0.2, 0) is 0 Å². The summed E-state index contributed by atoms with van der Waals surface area (Å²) in [5.74, 6) is 1.27. The average molecular weight is 183 g/mol. The quantitative estimate of drug-likeness (QED) is 0.610. The molecule has 12 heavy (non-hydrogen) atoms. The summed E-state index contributed by atoms with van der Waals surface area (Å²) in [5, 5.41) is 9.27. The number of nitrogens with zero attached hydrogens (tertiary/aromatic N) is 1. The van der Waals surface area contributed by atoms with E-state index in [2.05, 4.69) is 17.8 Å². The van der Waals surface area contributed by atoms with E-state index in [1.165, 1.54) is 37.9 Å². The summed E-state index contributed by atoms with van der Waals surface area (Å²) in [6.07, 6.45) is 8.81. The third-order valence-electron chi connectivity index (χ3n) is 2.34. The van der Waals surface area contributed by atoms with E-state index in [0.29, 0.717) is 0 Å². The summed E-state index contributed by atoms with van der Waals surface area (Å²) in [5.41, 5.74) is 0. The van der Waals surface area contributed by atoms with Crippen molar-refractivity contribution in [2.45, 2.75) is 50.2 Å². The first-order valence-corrected chi connectivity index (χ1v) is 5.97. The van der Waals surface area contributed by atoms with Crippen LogP contribution < -0.4 is 0 Å². The van der Waals surface area contributed by atoms with E-state index >= 15 is 0 Å². The highest BCUT2D eigenvalue weighted by molar-refractivity contribution is 7.99. The standard InChI is InChI=1S/C10H17NS/c11-8-4-1-5-9-12-10-6-2-3-7-10/h10H,1-7,9H2. The molecule has 0 N–H and O–H groups in total. The minimum Gasteiger partial charge on any atom is -0.198 e. The molecule has 0 aromatic rings. The Morgan fingerprint density at radius 1 is 1.25 bits per heavy atom. The topological polar surface area (TPSA) is 23.8 Å². The Kier molecular flexibility index (Phi) is 5.27. The molecule has 1 saturated carbocycles. The molecule has 1 fully saturated rings. The summed E-state index contributed by atoms with van der Waals surface area (Å²) in [4.78, 5) is 0. The molecule has 2 heteroatoms. The fraction of sp³-hybridized carbons (Fsp3) is 0.900. The predicted octanol–water partition coefficient (Wildman–Crippen LogP) is 3.36. The molecule has 1 aliphatic rings. The zero-order valence-electron chi connectivity index (χ0n) is 7.59. The summed E-state index contributed by atoms with van der Waals surface area (Å²) in [7, 11) is 0. The fourth-order valence-electron chi connectivity index (χ4n) is 1.61. The Morgan fingerprint density at radius 3 is 2.67 bits per heavy atom. The van der Waals surface area contributed by atoms with Gasteiger partial charge in [0.05, 0.1) is 6.07 Å². The van der Waals surface area contributed by atoms with E-state index in [0.717, 1.165) is 18.1 Å². The van der Waals surface area contributed by atoms with Crippen molar-refractivity contribution in [1.29, 1.82) is 5.26 Å². The lowest BCUT2D eigenvalue weighted by Gasteiger charge is -2.06.